The number of likely N-dealkylation sites (N-methyl/N-ethyl adjacent to an activating group) is 1. The summed E-state index contributed by atoms with van der Waals surface area (Å²) < 4.78 is 5.60. The SMILES string of the molecule is CN(C)CCOCCNC1CCN(c2ccncc2)CC1. The number of nitrogens with one attached hydrogen (secondary N) is 1. The first-order valence-electron chi connectivity index (χ1n) is 7.86. The number of aromatic nitrogens is 1. The number of hydrogen-bond donors (Lipinski definition) is 1. The number of pyridine rings is 1. The van der Waals surface area contributed by atoms with Crippen LogP contribution in [0.3, 0.4) is 0 Å². The smallest absolute Gasteiger partial charge is 0.0593 e. The fraction of sp³-hybridized carbons (Fsp3) is 0.688. The number of anilines is 1. The molecule has 0 atom stereocenters. The molecule has 1 aliphatic heterocycles. The third-order valence-electron chi connectivity index (χ3n) is 3.89. The van der Waals surface area contributed by atoms with E-state index in [2.05, 4.69) is 46.3 Å². The van der Waals surface area contributed by atoms with Gasteiger partial charge in [0.1, 0.15) is 0 Å². The molecule has 2 rings (SSSR count). The molecule has 0 radical (unpaired) electrons. The van der Waals surface area contributed by atoms with Gasteiger partial charge in [0.2, 0.25) is 0 Å². The van der Waals surface area contributed by atoms with Gasteiger partial charge in [-0.25, -0.2) is 0 Å². The summed E-state index contributed by atoms with van der Waals surface area (Å²) >= 11 is 0. The van der Waals surface area contributed by atoms with Crippen LogP contribution in [0.25, 0.3) is 0 Å². The lowest BCUT2D eigenvalue weighted by molar-refractivity contribution is 0.117. The van der Waals surface area contributed by atoms with Gasteiger partial charge in [0.05, 0.1) is 13.2 Å². The Balaban J connectivity index is 1.55. The molecular weight excluding hydrogens is 264 g/mol. The molecule has 0 amide bonds. The number of rotatable bonds is 8. The zero-order valence-corrected chi connectivity index (χ0v) is 13.3. The normalized spacial score (nSPS) is 16.6. The van der Waals surface area contributed by atoms with Crippen LogP contribution >= 0.6 is 0 Å². The second-order valence-corrected chi connectivity index (χ2v) is 5.84. The third kappa shape index (κ3) is 5.99. The average Bonchev–Trinajstić information content (AvgIpc) is 2.52. The van der Waals surface area contributed by atoms with Gasteiger partial charge in [-0.05, 0) is 39.1 Å². The van der Waals surface area contributed by atoms with Crippen LogP contribution in [0.1, 0.15) is 12.8 Å². The summed E-state index contributed by atoms with van der Waals surface area (Å²) in [6.07, 6.45) is 6.12. The van der Waals surface area contributed by atoms with Crippen molar-refractivity contribution >= 4 is 5.69 Å². The number of piperidine rings is 1. The summed E-state index contributed by atoms with van der Waals surface area (Å²) in [6, 6.07) is 4.80. The van der Waals surface area contributed by atoms with Crippen LogP contribution in [0.4, 0.5) is 5.69 Å². The predicted octanol–water partition coefficient (Wildman–Crippen LogP) is 1.22. The maximum Gasteiger partial charge on any atom is 0.0593 e. The van der Waals surface area contributed by atoms with Crippen LogP contribution < -0.4 is 10.2 Å². The van der Waals surface area contributed by atoms with Gasteiger partial charge in [0, 0.05) is 50.3 Å². The van der Waals surface area contributed by atoms with E-state index in [0.29, 0.717) is 6.04 Å². The van der Waals surface area contributed by atoms with Crippen molar-refractivity contribution in [1.82, 2.24) is 15.2 Å². The van der Waals surface area contributed by atoms with E-state index in [1.54, 1.807) is 0 Å². The van der Waals surface area contributed by atoms with Gasteiger partial charge in [-0.1, -0.05) is 0 Å². The van der Waals surface area contributed by atoms with E-state index < -0.39 is 0 Å². The lowest BCUT2D eigenvalue weighted by Gasteiger charge is -2.34. The topological polar surface area (TPSA) is 40.6 Å². The molecular formula is C16H28N4O. The molecule has 1 fully saturated rings. The molecule has 1 saturated heterocycles. The highest BCUT2D eigenvalue weighted by Crippen LogP contribution is 2.18. The zero-order valence-electron chi connectivity index (χ0n) is 13.3. The summed E-state index contributed by atoms with van der Waals surface area (Å²) in [6.45, 7) is 5.79. The molecule has 21 heavy (non-hydrogen) atoms. The van der Waals surface area contributed by atoms with Gasteiger partial charge in [-0.3, -0.25) is 4.98 Å². The van der Waals surface area contributed by atoms with Crippen molar-refractivity contribution in [2.45, 2.75) is 18.9 Å². The maximum atomic E-state index is 5.60. The van der Waals surface area contributed by atoms with Gasteiger partial charge in [0.25, 0.3) is 0 Å². The van der Waals surface area contributed by atoms with Crippen molar-refractivity contribution in [3.8, 4) is 0 Å². The Hall–Kier alpha value is -1.17. The molecule has 5 heteroatoms. The van der Waals surface area contributed by atoms with E-state index in [9.17, 15) is 0 Å². The van der Waals surface area contributed by atoms with Crippen LogP contribution in [-0.2, 0) is 4.74 Å². The minimum absolute atomic E-state index is 0.625. The van der Waals surface area contributed by atoms with Crippen molar-refractivity contribution < 1.29 is 4.74 Å². The molecule has 1 aliphatic rings. The third-order valence-corrected chi connectivity index (χ3v) is 3.89. The van der Waals surface area contributed by atoms with Crippen molar-refractivity contribution in [2.24, 2.45) is 0 Å². The van der Waals surface area contributed by atoms with Gasteiger partial charge < -0.3 is 19.9 Å². The number of nitrogens with zero attached hydrogens (tertiary/aromatic N) is 3. The van der Waals surface area contributed by atoms with Crippen LogP contribution in [-0.4, -0.2) is 69.4 Å². The first kappa shape index (κ1) is 16.2. The molecule has 0 aliphatic carbocycles. The largest absolute Gasteiger partial charge is 0.379 e. The van der Waals surface area contributed by atoms with E-state index in [0.717, 1.165) is 39.4 Å². The van der Waals surface area contributed by atoms with Crippen molar-refractivity contribution in [3.05, 3.63) is 24.5 Å². The molecule has 5 nitrogen and oxygen atoms in total. The summed E-state index contributed by atoms with van der Waals surface area (Å²) in [4.78, 5) is 8.65. The highest BCUT2D eigenvalue weighted by atomic mass is 16.5. The standard InChI is InChI=1S/C16H28N4O/c1-19(2)12-14-21-13-9-18-15-5-10-20(11-6-15)16-3-7-17-8-4-16/h3-4,7-8,15,18H,5-6,9-14H2,1-2H3. The minimum Gasteiger partial charge on any atom is -0.379 e. The fourth-order valence-electron chi connectivity index (χ4n) is 2.58. The van der Waals surface area contributed by atoms with E-state index >= 15 is 0 Å². The molecule has 1 N–H and O–H groups in total. The monoisotopic (exact) mass is 292 g/mol. The first-order valence-corrected chi connectivity index (χ1v) is 7.86. The molecule has 0 aromatic carbocycles. The Morgan fingerprint density at radius 1 is 1.24 bits per heavy atom. The Morgan fingerprint density at radius 2 is 1.95 bits per heavy atom. The van der Waals surface area contributed by atoms with Gasteiger partial charge in [-0.15, -0.1) is 0 Å². The molecule has 0 spiro atoms. The summed E-state index contributed by atoms with van der Waals surface area (Å²) in [5.74, 6) is 0. The molecule has 2 heterocycles. The molecule has 118 valence electrons. The van der Waals surface area contributed by atoms with E-state index in [-0.39, 0.29) is 0 Å². The Kier molecular flexibility index (Phi) is 6.92. The second kappa shape index (κ2) is 8.97. The lowest BCUT2D eigenvalue weighted by atomic mass is 10.0. The van der Waals surface area contributed by atoms with E-state index in [1.807, 2.05) is 12.4 Å². The average molecular weight is 292 g/mol. The second-order valence-electron chi connectivity index (χ2n) is 5.84. The lowest BCUT2D eigenvalue weighted by Crippen LogP contribution is -2.43. The van der Waals surface area contributed by atoms with Gasteiger partial charge in [0.15, 0.2) is 0 Å². The summed E-state index contributed by atoms with van der Waals surface area (Å²) in [5.41, 5.74) is 1.29. The van der Waals surface area contributed by atoms with Crippen molar-refractivity contribution in [1.29, 1.82) is 0 Å². The van der Waals surface area contributed by atoms with Crippen molar-refractivity contribution in [2.75, 3.05) is 58.4 Å². The Labute approximate surface area is 128 Å². The Morgan fingerprint density at radius 3 is 2.62 bits per heavy atom. The molecule has 1 aromatic heterocycles. The quantitative estimate of drug-likeness (QED) is 0.730. The molecule has 1 aromatic rings. The fourth-order valence-corrected chi connectivity index (χ4v) is 2.58. The van der Waals surface area contributed by atoms with Gasteiger partial charge in [-0.2, -0.15) is 0 Å². The molecule has 0 bridgehead atoms. The molecule has 0 saturated carbocycles. The minimum atomic E-state index is 0.625. The summed E-state index contributed by atoms with van der Waals surface area (Å²) in [5, 5.41) is 3.60. The highest BCUT2D eigenvalue weighted by Gasteiger charge is 2.18. The Bertz CT molecular complexity index is 377. The predicted molar refractivity (Wildman–Crippen MR) is 86.8 cm³/mol. The zero-order chi connectivity index (χ0) is 14.9. The first-order chi connectivity index (χ1) is 10.3. The van der Waals surface area contributed by atoms with Gasteiger partial charge >= 0.3 is 0 Å². The maximum absolute atomic E-state index is 5.60. The van der Waals surface area contributed by atoms with Crippen LogP contribution in [0.2, 0.25) is 0 Å². The number of hydrogen-bond acceptors (Lipinski definition) is 5. The van der Waals surface area contributed by atoms with Crippen molar-refractivity contribution in [3.63, 3.8) is 0 Å². The van der Waals surface area contributed by atoms with Crippen LogP contribution in [0, 0.1) is 0 Å². The van der Waals surface area contributed by atoms with E-state index in [1.165, 1.54) is 18.5 Å². The molecule has 0 unspecified atom stereocenters. The summed E-state index contributed by atoms with van der Waals surface area (Å²) in [7, 11) is 4.14. The number of ether oxygens (including phenoxy) is 1. The van der Waals surface area contributed by atoms with E-state index in [4.69, 9.17) is 4.74 Å². The van der Waals surface area contributed by atoms with Crippen LogP contribution in [0.5, 0.6) is 0 Å². The van der Waals surface area contributed by atoms with Crippen LogP contribution in [0.15, 0.2) is 24.5 Å². The highest BCUT2D eigenvalue weighted by molar-refractivity contribution is 5.44.